The Morgan fingerprint density at radius 2 is 2.00 bits per heavy atom. The van der Waals surface area contributed by atoms with Crippen LogP contribution in [0.3, 0.4) is 0 Å². The lowest BCUT2D eigenvalue weighted by Gasteiger charge is -2.21. The number of aromatic hydroxyl groups is 2. The maximum Gasteiger partial charge on any atom is 0.342 e. The Kier molecular flexibility index (Phi) is 9.10. The van der Waals surface area contributed by atoms with E-state index in [2.05, 4.69) is 10.5 Å². The number of cyclic esters (lactones) is 1. The Bertz CT molecular complexity index is 1090. The molecule has 37 heavy (non-hydrogen) atoms. The largest absolute Gasteiger partial charge is 0.507 e. The van der Waals surface area contributed by atoms with E-state index in [-0.39, 0.29) is 53.0 Å². The van der Waals surface area contributed by atoms with Crippen molar-refractivity contribution in [2.45, 2.75) is 70.2 Å². The fourth-order valence-corrected chi connectivity index (χ4v) is 4.94. The molecule has 0 bridgehead atoms. The lowest BCUT2D eigenvalue weighted by molar-refractivity contribution is -0.125. The molecule has 10 heteroatoms. The van der Waals surface area contributed by atoms with Crippen molar-refractivity contribution in [3.05, 3.63) is 46.5 Å². The molecule has 2 fully saturated rings. The summed E-state index contributed by atoms with van der Waals surface area (Å²) in [7, 11) is 0. The quantitative estimate of drug-likeness (QED) is 0.294. The number of allylic oxidation sites excluding steroid dienone is 3. The number of carbonyl (C=O) groups is 2. The van der Waals surface area contributed by atoms with Gasteiger partial charge in [-0.3, -0.25) is 4.79 Å². The van der Waals surface area contributed by atoms with E-state index in [4.69, 9.17) is 25.9 Å². The van der Waals surface area contributed by atoms with E-state index in [1.807, 2.05) is 12.2 Å². The second-order valence-electron chi connectivity index (χ2n) is 9.76. The number of epoxide rings is 1. The number of fused-ring (bicyclic) bond motifs is 2. The highest BCUT2D eigenvalue weighted by atomic mass is 35.5. The number of ether oxygens (including phenoxy) is 2. The van der Waals surface area contributed by atoms with Gasteiger partial charge in [0.05, 0.1) is 16.8 Å². The van der Waals surface area contributed by atoms with Gasteiger partial charge in [-0.25, -0.2) is 4.79 Å². The van der Waals surface area contributed by atoms with Crippen LogP contribution in [0.5, 0.6) is 11.5 Å². The summed E-state index contributed by atoms with van der Waals surface area (Å²) in [6.45, 7) is 2.09. The van der Waals surface area contributed by atoms with E-state index in [1.165, 1.54) is 19.3 Å². The van der Waals surface area contributed by atoms with E-state index >= 15 is 0 Å². The standard InChI is InChI=1S/C27H33ClN2O7/c1-16-11-23-22(37-23)10-6-5-9-18(30-35-15-24(33)29-14-17-7-3-2-4-8-17)12-19-25(27(34)36-16)20(31)13-21(32)26(19)28/h5-6,9-10,13,16-17,22-23,31-32H,2-4,7-8,11-12,14-15H2,1H3,(H,29,33)/b9-5+,10-6-,30-18+/t16-,22-,23-/m1/s1. The first-order valence-electron chi connectivity index (χ1n) is 12.7. The van der Waals surface area contributed by atoms with E-state index in [1.54, 1.807) is 19.1 Å². The topological polar surface area (TPSA) is 130 Å². The van der Waals surface area contributed by atoms with Crippen molar-refractivity contribution >= 4 is 29.2 Å². The number of rotatable bonds is 5. The Hall–Kier alpha value is -3.04. The van der Waals surface area contributed by atoms with Gasteiger partial charge in [0.25, 0.3) is 5.91 Å². The number of nitrogens with one attached hydrogen (secondary N) is 1. The lowest BCUT2D eigenvalue weighted by atomic mass is 9.89. The normalized spacial score (nSPS) is 27.2. The van der Waals surface area contributed by atoms with Crippen LogP contribution in [0.2, 0.25) is 5.02 Å². The summed E-state index contributed by atoms with van der Waals surface area (Å²) in [6.07, 6.45) is 12.7. The number of nitrogens with zero attached hydrogens (tertiary/aromatic N) is 1. The number of hydrogen-bond donors (Lipinski definition) is 3. The van der Waals surface area contributed by atoms with E-state index in [9.17, 15) is 19.8 Å². The highest BCUT2D eigenvalue weighted by molar-refractivity contribution is 6.33. The molecule has 4 rings (SSSR count). The maximum atomic E-state index is 13.0. The van der Waals surface area contributed by atoms with Gasteiger partial charge in [0.2, 0.25) is 0 Å². The minimum atomic E-state index is -0.780. The molecule has 1 amide bonds. The number of esters is 1. The molecule has 0 unspecified atom stereocenters. The average molecular weight is 533 g/mol. The third kappa shape index (κ3) is 7.49. The average Bonchev–Trinajstić information content (AvgIpc) is 3.60. The summed E-state index contributed by atoms with van der Waals surface area (Å²) in [4.78, 5) is 30.6. The van der Waals surface area contributed by atoms with Gasteiger partial charge in [0.1, 0.15) is 29.3 Å². The highest BCUT2D eigenvalue weighted by Crippen LogP contribution is 2.38. The van der Waals surface area contributed by atoms with E-state index < -0.39 is 17.8 Å². The molecule has 2 heterocycles. The Balaban J connectivity index is 1.52. The summed E-state index contributed by atoms with van der Waals surface area (Å²) >= 11 is 6.34. The molecular weight excluding hydrogens is 500 g/mol. The third-order valence-electron chi connectivity index (χ3n) is 6.77. The minimum absolute atomic E-state index is 0.0732. The highest BCUT2D eigenvalue weighted by Gasteiger charge is 2.38. The first-order valence-corrected chi connectivity index (χ1v) is 13.1. The smallest absolute Gasteiger partial charge is 0.342 e. The molecule has 3 aliphatic rings. The SMILES string of the molecule is C[C@@H]1C[C@H]2O[C@@H]2\C=C/C=C/C(=N\OCC(=O)NCC2CCCCC2)Cc2c(Cl)c(O)cc(O)c2C(=O)O1. The van der Waals surface area contributed by atoms with Crippen molar-refractivity contribution in [2.24, 2.45) is 11.1 Å². The summed E-state index contributed by atoms with van der Waals surface area (Å²) < 4.78 is 11.1. The molecule has 3 N–H and O–H groups in total. The van der Waals surface area contributed by atoms with Gasteiger partial charge < -0.3 is 29.8 Å². The van der Waals surface area contributed by atoms with Crippen LogP contribution in [0.15, 0.2) is 35.5 Å². The van der Waals surface area contributed by atoms with Crippen LogP contribution in [0, 0.1) is 5.92 Å². The number of phenols is 2. The monoisotopic (exact) mass is 532 g/mol. The van der Waals surface area contributed by atoms with Crippen molar-refractivity contribution in [3.63, 3.8) is 0 Å². The molecule has 2 aliphatic heterocycles. The molecule has 0 spiro atoms. The van der Waals surface area contributed by atoms with Gasteiger partial charge in [0, 0.05) is 25.5 Å². The zero-order valence-corrected chi connectivity index (χ0v) is 21.6. The van der Waals surface area contributed by atoms with E-state index in [0.717, 1.165) is 18.9 Å². The van der Waals surface area contributed by atoms with Crippen molar-refractivity contribution in [3.8, 4) is 11.5 Å². The summed E-state index contributed by atoms with van der Waals surface area (Å²) in [5.41, 5.74) is 0.276. The van der Waals surface area contributed by atoms with Crippen LogP contribution in [-0.4, -0.2) is 59.3 Å². The molecule has 1 aliphatic carbocycles. The van der Waals surface area contributed by atoms with Crippen molar-refractivity contribution in [2.75, 3.05) is 13.2 Å². The Morgan fingerprint density at radius 3 is 2.78 bits per heavy atom. The fraction of sp³-hybridized carbons (Fsp3) is 0.519. The van der Waals surface area contributed by atoms with E-state index in [0.29, 0.717) is 24.6 Å². The fourth-order valence-electron chi connectivity index (χ4n) is 4.73. The van der Waals surface area contributed by atoms with Crippen LogP contribution in [0.4, 0.5) is 0 Å². The van der Waals surface area contributed by atoms with Gasteiger partial charge in [0.15, 0.2) is 6.61 Å². The van der Waals surface area contributed by atoms with Gasteiger partial charge in [-0.05, 0) is 37.3 Å². The van der Waals surface area contributed by atoms with Crippen molar-refractivity contribution in [1.29, 1.82) is 0 Å². The molecule has 0 radical (unpaired) electrons. The number of halogens is 1. The van der Waals surface area contributed by atoms with Crippen LogP contribution >= 0.6 is 11.6 Å². The predicted molar refractivity (Wildman–Crippen MR) is 138 cm³/mol. The van der Waals surface area contributed by atoms with Gasteiger partial charge in [-0.1, -0.05) is 54.2 Å². The van der Waals surface area contributed by atoms with Crippen LogP contribution in [0.1, 0.15) is 61.4 Å². The lowest BCUT2D eigenvalue weighted by Crippen LogP contribution is -2.32. The number of carbonyl (C=O) groups excluding carboxylic acids is 2. The minimum Gasteiger partial charge on any atom is -0.507 e. The molecule has 0 aromatic heterocycles. The molecule has 9 nitrogen and oxygen atoms in total. The van der Waals surface area contributed by atoms with Crippen molar-refractivity contribution < 1.29 is 34.1 Å². The third-order valence-corrected chi connectivity index (χ3v) is 7.19. The van der Waals surface area contributed by atoms with Gasteiger partial charge in [-0.15, -0.1) is 0 Å². The first kappa shape index (κ1) is 27.0. The Morgan fingerprint density at radius 1 is 1.22 bits per heavy atom. The molecule has 3 atom stereocenters. The summed E-state index contributed by atoms with van der Waals surface area (Å²) in [5.74, 6) is -1.41. The molecule has 1 aromatic rings. The summed E-state index contributed by atoms with van der Waals surface area (Å²) in [5, 5.41) is 27.5. The molecule has 200 valence electrons. The first-order chi connectivity index (χ1) is 17.8. The van der Waals surface area contributed by atoms with Crippen LogP contribution in [-0.2, 0) is 25.5 Å². The molecule has 1 aromatic carbocycles. The number of hydrogen-bond acceptors (Lipinski definition) is 8. The summed E-state index contributed by atoms with van der Waals surface area (Å²) in [6, 6.07) is 0.999. The van der Waals surface area contributed by atoms with Crippen LogP contribution in [0.25, 0.3) is 0 Å². The van der Waals surface area contributed by atoms with Crippen molar-refractivity contribution in [1.82, 2.24) is 5.32 Å². The second kappa shape index (κ2) is 12.5. The second-order valence-corrected chi connectivity index (χ2v) is 10.1. The van der Waals surface area contributed by atoms with Crippen LogP contribution < -0.4 is 5.32 Å². The van der Waals surface area contributed by atoms with Gasteiger partial charge >= 0.3 is 5.97 Å². The molecular formula is C27H33ClN2O7. The predicted octanol–water partition coefficient (Wildman–Crippen LogP) is 4.19. The number of oxime groups is 1. The number of amides is 1. The number of phenolic OH excluding ortho intramolecular Hbond substituents is 2. The molecule has 1 saturated heterocycles. The van der Waals surface area contributed by atoms with Gasteiger partial charge in [-0.2, -0.15) is 0 Å². The zero-order valence-electron chi connectivity index (χ0n) is 20.8. The Labute approximate surface area is 221 Å². The number of benzene rings is 1. The maximum absolute atomic E-state index is 13.0. The zero-order chi connectivity index (χ0) is 26.4. The molecule has 1 saturated carbocycles.